The van der Waals surface area contributed by atoms with Gasteiger partial charge in [-0.3, -0.25) is 4.79 Å². The van der Waals surface area contributed by atoms with Gasteiger partial charge in [-0.05, 0) is 6.07 Å². The van der Waals surface area contributed by atoms with Gasteiger partial charge in [0.05, 0.1) is 43.1 Å². The predicted octanol–water partition coefficient (Wildman–Crippen LogP) is 0.615. The van der Waals surface area contributed by atoms with E-state index >= 15 is 0 Å². The van der Waals surface area contributed by atoms with Crippen molar-refractivity contribution in [3.8, 4) is 11.5 Å². The fourth-order valence-corrected chi connectivity index (χ4v) is 3.32. The number of aliphatic carboxylic acids is 1. The number of amides is 1. The summed E-state index contributed by atoms with van der Waals surface area (Å²) >= 11 is 6.07. The smallest absolute Gasteiger partial charge is 0.231 e. The van der Waals surface area contributed by atoms with Crippen LogP contribution in [0.2, 0.25) is 5.02 Å². The van der Waals surface area contributed by atoms with Gasteiger partial charge < -0.3 is 29.4 Å². The Labute approximate surface area is 143 Å². The molecule has 0 radical (unpaired) electrons. The van der Waals surface area contributed by atoms with Gasteiger partial charge in [-0.25, -0.2) is 0 Å². The molecule has 7 nitrogen and oxygen atoms in total. The summed E-state index contributed by atoms with van der Waals surface area (Å²) in [4.78, 5) is 24.0. The van der Waals surface area contributed by atoms with Crippen LogP contribution in [0.15, 0.2) is 24.3 Å². The van der Waals surface area contributed by atoms with Gasteiger partial charge in [0.25, 0.3) is 0 Å². The number of rotatable bonds is 5. The fraction of sp³-hybridized carbons (Fsp3) is 0.375. The van der Waals surface area contributed by atoms with Crippen molar-refractivity contribution in [3.05, 3.63) is 29.3 Å². The molecule has 4 atom stereocenters. The Kier molecular flexibility index (Phi) is 4.38. The maximum absolute atomic E-state index is 12.6. The van der Waals surface area contributed by atoms with Gasteiger partial charge in [0, 0.05) is 18.0 Å². The minimum Gasteiger partial charge on any atom is -0.550 e. The van der Waals surface area contributed by atoms with Crippen LogP contribution in [-0.4, -0.2) is 38.3 Å². The summed E-state index contributed by atoms with van der Waals surface area (Å²) in [5.74, 6) is -2.98. The van der Waals surface area contributed by atoms with Gasteiger partial charge in [0.1, 0.15) is 11.5 Å². The third kappa shape index (κ3) is 2.70. The van der Waals surface area contributed by atoms with Crippen LogP contribution < -0.4 is 19.9 Å². The lowest BCUT2D eigenvalue weighted by atomic mass is 9.82. The second kappa shape index (κ2) is 6.33. The molecule has 1 N–H and O–H groups in total. The van der Waals surface area contributed by atoms with E-state index < -0.39 is 35.9 Å². The molecule has 0 spiro atoms. The zero-order valence-corrected chi connectivity index (χ0v) is 13.7. The highest BCUT2D eigenvalue weighted by Crippen LogP contribution is 2.41. The average molecular weight is 353 g/mol. The van der Waals surface area contributed by atoms with Crippen molar-refractivity contribution < 1.29 is 28.9 Å². The van der Waals surface area contributed by atoms with Crippen molar-refractivity contribution in [2.45, 2.75) is 12.2 Å². The lowest BCUT2D eigenvalue weighted by molar-refractivity contribution is -0.313. The van der Waals surface area contributed by atoms with Crippen molar-refractivity contribution >= 4 is 29.2 Å². The monoisotopic (exact) mass is 352 g/mol. The molecule has 8 heteroatoms. The molecular weight excluding hydrogens is 338 g/mol. The van der Waals surface area contributed by atoms with E-state index in [4.69, 9.17) is 25.8 Å². The number of hydrogen-bond donors (Lipinski definition) is 1. The molecule has 128 valence electrons. The summed E-state index contributed by atoms with van der Waals surface area (Å²) in [5.41, 5.74) is 0.317. The van der Waals surface area contributed by atoms with Crippen molar-refractivity contribution in [1.82, 2.24) is 0 Å². The van der Waals surface area contributed by atoms with Gasteiger partial charge in [-0.15, -0.1) is 0 Å². The summed E-state index contributed by atoms with van der Waals surface area (Å²) in [5, 5.41) is 14.3. The number of methoxy groups -OCH3 is 2. The average Bonchev–Trinajstić information content (AvgIpc) is 3.16. The van der Waals surface area contributed by atoms with E-state index in [0.717, 1.165) is 0 Å². The molecule has 0 aliphatic carbocycles. The Morgan fingerprint density at radius 1 is 1.12 bits per heavy atom. The molecule has 2 aliphatic rings. The molecule has 0 saturated carbocycles. The predicted molar refractivity (Wildman–Crippen MR) is 83.0 cm³/mol. The Morgan fingerprint density at radius 3 is 2.33 bits per heavy atom. The minimum atomic E-state index is -1.31. The van der Waals surface area contributed by atoms with E-state index in [1.54, 1.807) is 12.2 Å². The standard InChI is InChI=1S/C16H16ClNO6/c1-22-11-6-12(23-2)8(5-7(11)17)18-15(19)13-9-3-4-10(24-9)14(13)16(20)21/h3-6,9-10,13-14H,1-2H3,(H,18,19)(H,20,21)/p-1/t9-,10+,13+,14+/m1/s1. The number of benzene rings is 1. The van der Waals surface area contributed by atoms with E-state index in [1.807, 2.05) is 0 Å². The molecule has 2 heterocycles. The maximum atomic E-state index is 12.6. The molecular formula is C16H15ClNO6-. The van der Waals surface area contributed by atoms with Crippen molar-refractivity contribution in [2.75, 3.05) is 19.5 Å². The first-order valence-corrected chi connectivity index (χ1v) is 7.61. The molecule has 0 unspecified atom stereocenters. The summed E-state index contributed by atoms with van der Waals surface area (Å²) in [6.07, 6.45) is 2.10. The number of anilines is 1. The van der Waals surface area contributed by atoms with E-state index in [-0.39, 0.29) is 5.02 Å². The van der Waals surface area contributed by atoms with Gasteiger partial charge in [0.15, 0.2) is 0 Å². The molecule has 24 heavy (non-hydrogen) atoms. The normalized spacial score (nSPS) is 27.1. The number of carboxylic acids is 1. The zero-order valence-electron chi connectivity index (χ0n) is 12.9. The molecule has 1 aromatic rings. The molecule has 0 aromatic heterocycles. The van der Waals surface area contributed by atoms with Crippen molar-refractivity contribution in [3.63, 3.8) is 0 Å². The minimum absolute atomic E-state index is 0.286. The quantitative estimate of drug-likeness (QED) is 0.780. The Morgan fingerprint density at radius 2 is 1.75 bits per heavy atom. The van der Waals surface area contributed by atoms with Crippen LogP contribution in [0.4, 0.5) is 5.69 Å². The largest absolute Gasteiger partial charge is 0.550 e. The third-order valence-electron chi connectivity index (χ3n) is 4.21. The van der Waals surface area contributed by atoms with Crippen LogP contribution in [0.25, 0.3) is 0 Å². The van der Waals surface area contributed by atoms with Gasteiger partial charge in [-0.2, -0.15) is 0 Å². The van der Waals surface area contributed by atoms with Gasteiger partial charge >= 0.3 is 0 Å². The molecule has 2 bridgehead atoms. The topological polar surface area (TPSA) is 96.9 Å². The van der Waals surface area contributed by atoms with Crippen LogP contribution in [-0.2, 0) is 14.3 Å². The lowest BCUT2D eigenvalue weighted by Crippen LogP contribution is -2.45. The van der Waals surface area contributed by atoms with Crippen LogP contribution in [0.5, 0.6) is 11.5 Å². The Balaban J connectivity index is 1.86. The highest BCUT2D eigenvalue weighted by atomic mass is 35.5. The van der Waals surface area contributed by atoms with Gasteiger partial charge in [0.2, 0.25) is 5.91 Å². The lowest BCUT2D eigenvalue weighted by Gasteiger charge is -2.25. The first-order valence-electron chi connectivity index (χ1n) is 7.23. The summed E-state index contributed by atoms with van der Waals surface area (Å²) in [6.45, 7) is 0. The SMILES string of the molecule is COc1cc(OC)c(NC(=O)[C@@H]2[C@@H](C(=O)[O-])[C@@H]3C=C[C@H]2O3)cc1Cl. The highest BCUT2D eigenvalue weighted by molar-refractivity contribution is 6.32. The first-order chi connectivity index (χ1) is 11.5. The second-order valence-electron chi connectivity index (χ2n) is 5.50. The molecule has 1 aromatic carbocycles. The van der Waals surface area contributed by atoms with E-state index in [1.165, 1.54) is 26.4 Å². The number of fused-ring (bicyclic) bond motifs is 2. The van der Waals surface area contributed by atoms with Crippen LogP contribution >= 0.6 is 11.6 Å². The fourth-order valence-electron chi connectivity index (χ4n) is 3.08. The first kappa shape index (κ1) is 16.6. The number of carbonyl (C=O) groups is 2. The highest BCUT2D eigenvalue weighted by Gasteiger charge is 2.50. The maximum Gasteiger partial charge on any atom is 0.231 e. The number of carbonyl (C=O) groups excluding carboxylic acids is 2. The Bertz CT molecular complexity index is 719. The van der Waals surface area contributed by atoms with E-state index in [0.29, 0.717) is 17.2 Å². The number of carboxylic acid groups (broad SMARTS) is 1. The van der Waals surface area contributed by atoms with Crippen LogP contribution in [0.3, 0.4) is 0 Å². The number of hydrogen-bond acceptors (Lipinski definition) is 6. The Hall–Kier alpha value is -2.25. The summed E-state index contributed by atoms with van der Waals surface area (Å²) < 4.78 is 15.8. The van der Waals surface area contributed by atoms with Crippen LogP contribution in [0, 0.1) is 11.8 Å². The zero-order chi connectivity index (χ0) is 17.4. The van der Waals surface area contributed by atoms with Gasteiger partial charge in [-0.1, -0.05) is 23.8 Å². The van der Waals surface area contributed by atoms with E-state index in [9.17, 15) is 14.7 Å². The van der Waals surface area contributed by atoms with Crippen molar-refractivity contribution in [1.29, 1.82) is 0 Å². The second-order valence-corrected chi connectivity index (χ2v) is 5.90. The molecule has 3 rings (SSSR count). The molecule has 1 fully saturated rings. The van der Waals surface area contributed by atoms with E-state index in [2.05, 4.69) is 5.32 Å². The third-order valence-corrected chi connectivity index (χ3v) is 4.50. The van der Waals surface area contributed by atoms with Crippen LogP contribution in [0.1, 0.15) is 0 Å². The molecule has 1 saturated heterocycles. The summed E-state index contributed by atoms with van der Waals surface area (Å²) in [6, 6.07) is 3.01. The number of halogens is 1. The molecule has 2 aliphatic heterocycles. The number of ether oxygens (including phenoxy) is 3. The number of nitrogens with one attached hydrogen (secondary N) is 1. The summed E-state index contributed by atoms with van der Waals surface area (Å²) in [7, 11) is 2.90. The van der Waals surface area contributed by atoms with Crippen molar-refractivity contribution in [2.24, 2.45) is 11.8 Å². The molecule has 1 amide bonds.